The average molecular weight is 455 g/mol. The Labute approximate surface area is 184 Å². The molecule has 1 saturated carbocycles. The van der Waals surface area contributed by atoms with Crippen molar-refractivity contribution in [2.45, 2.75) is 63.5 Å². The Balaban J connectivity index is 1.90. The molecule has 0 amide bonds. The number of anilines is 3. The van der Waals surface area contributed by atoms with E-state index in [0.717, 1.165) is 51.0 Å². The van der Waals surface area contributed by atoms with Crippen molar-refractivity contribution in [1.29, 1.82) is 0 Å². The molecule has 0 saturated heterocycles. The lowest BCUT2D eigenvalue weighted by atomic mass is 10.1. The Kier molecular flexibility index (Phi) is 7.51. The highest BCUT2D eigenvalue weighted by Gasteiger charge is 2.48. The summed E-state index contributed by atoms with van der Waals surface area (Å²) in [4.78, 5) is 0. The van der Waals surface area contributed by atoms with E-state index in [0.29, 0.717) is 5.56 Å². The van der Waals surface area contributed by atoms with Crippen LogP contribution < -0.4 is 14.8 Å². The minimum absolute atomic E-state index is 0.0101. The number of methoxy groups -OCH3 is 1. The summed E-state index contributed by atoms with van der Waals surface area (Å²) in [6, 6.07) is 5.28. The highest BCUT2D eigenvalue weighted by Crippen LogP contribution is 2.48. The van der Waals surface area contributed by atoms with E-state index in [9.17, 15) is 17.4 Å². The van der Waals surface area contributed by atoms with Crippen molar-refractivity contribution in [1.82, 2.24) is 0 Å². The van der Waals surface area contributed by atoms with Crippen molar-refractivity contribution >= 4 is 28.0 Å². The van der Waals surface area contributed by atoms with Gasteiger partial charge in [0, 0.05) is 6.07 Å². The maximum atomic E-state index is 14.8. The Hall–Kier alpha value is -2.22. The van der Waals surface area contributed by atoms with Crippen LogP contribution in [0.15, 0.2) is 24.3 Å². The van der Waals surface area contributed by atoms with Crippen LogP contribution in [0.4, 0.5) is 30.2 Å². The molecule has 1 aliphatic rings. The van der Waals surface area contributed by atoms with Crippen molar-refractivity contribution < 1.29 is 22.1 Å². The Morgan fingerprint density at radius 3 is 2.42 bits per heavy atom. The van der Waals surface area contributed by atoms with Gasteiger partial charge in [-0.25, -0.2) is 17.4 Å². The second-order valence-corrected chi connectivity index (χ2v) is 9.71. The fourth-order valence-electron chi connectivity index (χ4n) is 3.58. The molecule has 1 atom stereocenters. The quantitative estimate of drug-likeness (QED) is 0.370. The van der Waals surface area contributed by atoms with Gasteiger partial charge in [0.15, 0.2) is 11.6 Å². The number of benzene rings is 2. The highest BCUT2D eigenvalue weighted by atomic mass is 32.2. The zero-order chi connectivity index (χ0) is 22.6. The van der Waals surface area contributed by atoms with E-state index in [1.54, 1.807) is 13.0 Å². The van der Waals surface area contributed by atoms with Gasteiger partial charge in [-0.05, 0) is 43.9 Å². The molecule has 2 aromatic rings. The van der Waals surface area contributed by atoms with Crippen LogP contribution in [0.3, 0.4) is 0 Å². The predicted octanol–water partition coefficient (Wildman–Crippen LogP) is 6.74. The number of aryl methyl sites for hydroxylation is 1. The van der Waals surface area contributed by atoms with Gasteiger partial charge in [-0.1, -0.05) is 38.7 Å². The van der Waals surface area contributed by atoms with E-state index in [1.165, 1.54) is 19.2 Å². The number of rotatable bonds is 11. The molecular weight excluding hydrogens is 425 g/mol. The molecule has 1 aliphatic carbocycles. The number of unbranched alkanes of at least 4 members (excludes halogenated alkanes) is 3. The minimum atomic E-state index is -1.53. The van der Waals surface area contributed by atoms with E-state index in [2.05, 4.69) is 17.0 Å². The van der Waals surface area contributed by atoms with Crippen molar-refractivity contribution in [3.05, 3.63) is 47.3 Å². The first kappa shape index (κ1) is 23.4. The summed E-state index contributed by atoms with van der Waals surface area (Å²) in [5, 5.41) is 2.62. The molecule has 0 aliphatic heterocycles. The third-order valence-corrected chi connectivity index (χ3v) is 7.46. The summed E-state index contributed by atoms with van der Waals surface area (Å²) in [7, 11) is -0.218. The third-order valence-electron chi connectivity index (χ3n) is 5.67. The summed E-state index contributed by atoms with van der Waals surface area (Å²) in [5.41, 5.74) is 0.347. The number of nitrogens with one attached hydrogen (secondary N) is 2. The van der Waals surface area contributed by atoms with Gasteiger partial charge >= 0.3 is 0 Å². The largest absolute Gasteiger partial charge is 0.494 e. The van der Waals surface area contributed by atoms with E-state index in [4.69, 9.17) is 4.74 Å². The first-order chi connectivity index (χ1) is 14.8. The molecular formula is C23H29F3N2O2S. The summed E-state index contributed by atoms with van der Waals surface area (Å²) in [6.45, 7) is 3.86. The molecule has 1 fully saturated rings. The third kappa shape index (κ3) is 5.34. The van der Waals surface area contributed by atoms with Gasteiger partial charge in [-0.15, -0.1) is 0 Å². The Morgan fingerprint density at radius 2 is 1.81 bits per heavy atom. The topological polar surface area (TPSA) is 50.4 Å². The Bertz CT molecular complexity index is 964. The van der Waals surface area contributed by atoms with Crippen LogP contribution in [-0.2, 0) is 11.0 Å². The van der Waals surface area contributed by atoms with Gasteiger partial charge in [0.25, 0.3) is 0 Å². The molecule has 0 heterocycles. The van der Waals surface area contributed by atoms with Crippen LogP contribution in [0.2, 0.25) is 0 Å². The molecule has 2 aromatic carbocycles. The summed E-state index contributed by atoms with van der Waals surface area (Å²) in [6.07, 6.45) is 6.70. The molecule has 2 N–H and O–H groups in total. The van der Waals surface area contributed by atoms with Gasteiger partial charge in [0.1, 0.15) is 33.9 Å². The van der Waals surface area contributed by atoms with E-state index >= 15 is 0 Å². The van der Waals surface area contributed by atoms with Gasteiger partial charge in [-0.3, -0.25) is 4.72 Å². The van der Waals surface area contributed by atoms with Crippen molar-refractivity contribution in [2.75, 3.05) is 17.1 Å². The van der Waals surface area contributed by atoms with Crippen LogP contribution in [-0.4, -0.2) is 16.1 Å². The lowest BCUT2D eigenvalue weighted by Crippen LogP contribution is -2.24. The molecule has 0 bridgehead atoms. The second kappa shape index (κ2) is 9.94. The molecule has 170 valence electrons. The van der Waals surface area contributed by atoms with E-state index in [-0.39, 0.29) is 27.6 Å². The minimum Gasteiger partial charge on any atom is -0.494 e. The SMILES string of the molecule is CCCCCCC1(S(=O)Nc2c(OC)cc(F)c(F)c2Nc2ccc(C)cc2F)CC1. The van der Waals surface area contributed by atoms with Gasteiger partial charge in [0.05, 0.1) is 17.5 Å². The smallest absolute Gasteiger partial charge is 0.184 e. The van der Waals surface area contributed by atoms with Gasteiger partial charge in [-0.2, -0.15) is 0 Å². The van der Waals surface area contributed by atoms with Gasteiger partial charge < -0.3 is 10.1 Å². The maximum Gasteiger partial charge on any atom is 0.184 e. The Morgan fingerprint density at radius 1 is 1.06 bits per heavy atom. The first-order valence-electron chi connectivity index (χ1n) is 10.6. The monoisotopic (exact) mass is 454 g/mol. The van der Waals surface area contributed by atoms with E-state index in [1.807, 2.05) is 0 Å². The summed E-state index contributed by atoms with van der Waals surface area (Å²) < 4.78 is 64.2. The molecule has 3 rings (SSSR count). The second-order valence-electron chi connectivity index (χ2n) is 8.10. The molecule has 1 unspecified atom stereocenters. The van der Waals surface area contributed by atoms with E-state index < -0.39 is 28.4 Å². The fourth-order valence-corrected chi connectivity index (χ4v) is 4.99. The molecule has 0 aromatic heterocycles. The number of hydrogen-bond donors (Lipinski definition) is 2. The highest BCUT2D eigenvalue weighted by molar-refractivity contribution is 7.88. The van der Waals surface area contributed by atoms with Crippen LogP contribution in [0.1, 0.15) is 57.4 Å². The summed E-state index contributed by atoms with van der Waals surface area (Å²) >= 11 is 0. The number of halogens is 3. The lowest BCUT2D eigenvalue weighted by molar-refractivity contribution is 0.409. The molecule has 8 heteroatoms. The van der Waals surface area contributed by atoms with Crippen molar-refractivity contribution in [3.8, 4) is 5.75 Å². The normalized spacial score (nSPS) is 15.4. The van der Waals surface area contributed by atoms with Crippen molar-refractivity contribution in [2.24, 2.45) is 0 Å². The predicted molar refractivity (Wildman–Crippen MR) is 120 cm³/mol. The average Bonchev–Trinajstić information content (AvgIpc) is 3.53. The standard InChI is InChI=1S/C23H29F3N2O2S/c1-4-5-6-7-10-23(11-12-23)31(29)28-21-19(30-3)14-17(25)20(26)22(21)27-18-9-8-15(2)13-16(18)24/h8-9,13-14,27-28H,4-7,10-12H2,1-3H3. The van der Waals surface area contributed by atoms with Crippen molar-refractivity contribution in [3.63, 3.8) is 0 Å². The fraction of sp³-hybridized carbons (Fsp3) is 0.478. The molecule has 0 radical (unpaired) electrons. The number of ether oxygens (including phenoxy) is 1. The molecule has 0 spiro atoms. The summed E-state index contributed by atoms with van der Waals surface area (Å²) in [5.74, 6) is -2.97. The van der Waals surface area contributed by atoms with Crippen LogP contribution in [0.5, 0.6) is 5.75 Å². The van der Waals surface area contributed by atoms with Gasteiger partial charge in [0.2, 0.25) is 0 Å². The lowest BCUT2D eigenvalue weighted by Gasteiger charge is -2.21. The van der Waals surface area contributed by atoms with Crippen LogP contribution in [0, 0.1) is 24.4 Å². The molecule has 31 heavy (non-hydrogen) atoms. The number of hydrogen-bond acceptors (Lipinski definition) is 3. The zero-order valence-corrected chi connectivity index (χ0v) is 18.9. The first-order valence-corrected chi connectivity index (χ1v) is 11.7. The van der Waals surface area contributed by atoms with Crippen LogP contribution in [0.25, 0.3) is 0 Å². The zero-order valence-electron chi connectivity index (χ0n) is 18.1. The van der Waals surface area contributed by atoms with Crippen LogP contribution >= 0.6 is 0 Å². The molecule has 4 nitrogen and oxygen atoms in total. The maximum absolute atomic E-state index is 14.8.